The van der Waals surface area contributed by atoms with Gasteiger partial charge in [0.2, 0.25) is 11.7 Å². The number of piperidine rings is 1. The molecular formula is C18H25N3O4. The van der Waals surface area contributed by atoms with Gasteiger partial charge in [0.1, 0.15) is 0 Å². The topological polar surface area (TPSA) is 63.6 Å². The van der Waals surface area contributed by atoms with E-state index in [-0.39, 0.29) is 5.91 Å². The largest absolute Gasteiger partial charge is 0.493 e. The van der Waals surface area contributed by atoms with Gasteiger partial charge in [-0.15, -0.1) is 0 Å². The Balaban J connectivity index is 1.88. The number of nitrogens with zero attached hydrogens (tertiary/aromatic N) is 3. The fourth-order valence-corrected chi connectivity index (χ4v) is 3.35. The van der Waals surface area contributed by atoms with Crippen molar-refractivity contribution < 1.29 is 19.0 Å². The Morgan fingerprint density at radius 3 is 2.16 bits per heavy atom. The lowest BCUT2D eigenvalue weighted by Gasteiger charge is -2.32. The second-order valence-corrected chi connectivity index (χ2v) is 6.10. The van der Waals surface area contributed by atoms with Crippen LogP contribution in [-0.4, -0.2) is 69.2 Å². The number of methoxy groups -OCH3 is 3. The molecule has 2 heterocycles. The van der Waals surface area contributed by atoms with Crippen molar-refractivity contribution in [3.63, 3.8) is 0 Å². The summed E-state index contributed by atoms with van der Waals surface area (Å²) in [6.07, 6.45) is 3.53. The molecule has 7 nitrogen and oxygen atoms in total. The molecule has 1 aromatic rings. The molecule has 136 valence electrons. The summed E-state index contributed by atoms with van der Waals surface area (Å²) in [5.74, 6) is 2.12. The van der Waals surface area contributed by atoms with Crippen molar-refractivity contribution in [3.05, 3.63) is 17.7 Å². The molecule has 0 atom stereocenters. The molecule has 0 radical (unpaired) electrons. The molecule has 2 aliphatic rings. The maximum Gasteiger partial charge on any atom is 0.260 e. The third-order valence-corrected chi connectivity index (χ3v) is 4.61. The fourth-order valence-electron chi connectivity index (χ4n) is 3.35. The number of aliphatic imine (C=N–C) groups is 1. The van der Waals surface area contributed by atoms with Crippen molar-refractivity contribution in [3.8, 4) is 17.2 Å². The lowest BCUT2D eigenvalue weighted by atomic mass is 10.1. The van der Waals surface area contributed by atoms with E-state index in [0.717, 1.165) is 31.9 Å². The summed E-state index contributed by atoms with van der Waals surface area (Å²) in [5, 5.41) is 0. The van der Waals surface area contributed by atoms with Crippen molar-refractivity contribution in [2.45, 2.75) is 19.3 Å². The van der Waals surface area contributed by atoms with Gasteiger partial charge in [-0.3, -0.25) is 14.7 Å². The normalized spacial score (nSPS) is 17.3. The second kappa shape index (κ2) is 7.63. The summed E-state index contributed by atoms with van der Waals surface area (Å²) in [6.45, 7) is 3.15. The van der Waals surface area contributed by atoms with Crippen LogP contribution in [0.4, 0.5) is 0 Å². The Morgan fingerprint density at radius 1 is 0.960 bits per heavy atom. The zero-order valence-corrected chi connectivity index (χ0v) is 15.1. The number of benzene rings is 1. The Morgan fingerprint density at radius 2 is 1.60 bits per heavy atom. The van der Waals surface area contributed by atoms with E-state index in [4.69, 9.17) is 14.2 Å². The van der Waals surface area contributed by atoms with E-state index in [9.17, 15) is 4.79 Å². The van der Waals surface area contributed by atoms with E-state index in [1.54, 1.807) is 38.4 Å². The highest BCUT2D eigenvalue weighted by Crippen LogP contribution is 2.38. The molecular weight excluding hydrogens is 322 g/mol. The van der Waals surface area contributed by atoms with E-state index in [0.29, 0.717) is 35.9 Å². The number of amides is 1. The van der Waals surface area contributed by atoms with Gasteiger partial charge < -0.3 is 19.1 Å². The quantitative estimate of drug-likeness (QED) is 0.834. The minimum Gasteiger partial charge on any atom is -0.493 e. The minimum absolute atomic E-state index is 0.0962. The number of hydrogen-bond donors (Lipinski definition) is 0. The monoisotopic (exact) mass is 347 g/mol. The molecule has 1 amide bonds. The Hall–Kier alpha value is -2.44. The van der Waals surface area contributed by atoms with Crippen molar-refractivity contribution in [2.24, 2.45) is 4.99 Å². The van der Waals surface area contributed by atoms with Gasteiger partial charge in [0.25, 0.3) is 5.91 Å². The van der Waals surface area contributed by atoms with Crippen LogP contribution in [0.1, 0.15) is 29.6 Å². The molecule has 1 fully saturated rings. The zero-order valence-electron chi connectivity index (χ0n) is 15.1. The van der Waals surface area contributed by atoms with Gasteiger partial charge in [-0.2, -0.15) is 0 Å². The Bertz CT molecular complexity index is 643. The van der Waals surface area contributed by atoms with Crippen molar-refractivity contribution >= 4 is 11.9 Å². The van der Waals surface area contributed by atoms with Crippen LogP contribution in [0.5, 0.6) is 17.2 Å². The SMILES string of the molecule is COc1cc(C(=O)N2CCN=C2N2CCCCC2)cc(OC)c1OC. The van der Waals surface area contributed by atoms with Crippen LogP contribution in [0.25, 0.3) is 0 Å². The molecule has 1 saturated heterocycles. The van der Waals surface area contributed by atoms with Gasteiger partial charge in [-0.25, -0.2) is 0 Å². The van der Waals surface area contributed by atoms with E-state index >= 15 is 0 Å². The molecule has 0 bridgehead atoms. The lowest BCUT2D eigenvalue weighted by molar-refractivity contribution is 0.0840. The van der Waals surface area contributed by atoms with Crippen molar-refractivity contribution in [1.82, 2.24) is 9.80 Å². The van der Waals surface area contributed by atoms with E-state index in [2.05, 4.69) is 9.89 Å². The highest BCUT2D eigenvalue weighted by molar-refractivity contribution is 6.07. The molecule has 2 aliphatic heterocycles. The van der Waals surface area contributed by atoms with Gasteiger partial charge in [-0.1, -0.05) is 0 Å². The standard InChI is InChI=1S/C18H25N3O4/c1-23-14-11-13(12-15(24-2)16(14)25-3)17(22)21-10-7-19-18(21)20-8-5-4-6-9-20/h11-12H,4-10H2,1-3H3. The Kier molecular flexibility index (Phi) is 5.31. The molecule has 0 saturated carbocycles. The Labute approximate surface area is 148 Å². The summed E-state index contributed by atoms with van der Waals surface area (Å²) < 4.78 is 16.0. The van der Waals surface area contributed by atoms with E-state index < -0.39 is 0 Å². The molecule has 1 aromatic carbocycles. The molecule has 0 unspecified atom stereocenters. The van der Waals surface area contributed by atoms with Gasteiger partial charge in [0.15, 0.2) is 11.5 Å². The average Bonchev–Trinajstić information content (AvgIpc) is 3.16. The van der Waals surface area contributed by atoms with Gasteiger partial charge in [-0.05, 0) is 31.4 Å². The van der Waals surface area contributed by atoms with Crippen LogP contribution in [-0.2, 0) is 0 Å². The van der Waals surface area contributed by atoms with Crippen molar-refractivity contribution in [1.29, 1.82) is 0 Å². The maximum absolute atomic E-state index is 13.1. The summed E-state index contributed by atoms with van der Waals surface area (Å²) in [4.78, 5) is 21.6. The molecule has 0 N–H and O–H groups in total. The number of guanidine groups is 1. The summed E-state index contributed by atoms with van der Waals surface area (Å²) in [7, 11) is 4.63. The fraction of sp³-hybridized carbons (Fsp3) is 0.556. The first-order valence-corrected chi connectivity index (χ1v) is 8.61. The maximum atomic E-state index is 13.1. The predicted octanol–water partition coefficient (Wildman–Crippen LogP) is 2.01. The minimum atomic E-state index is -0.0962. The van der Waals surface area contributed by atoms with E-state index in [1.807, 2.05) is 0 Å². The number of ether oxygens (including phenoxy) is 3. The summed E-state index contributed by atoms with van der Waals surface area (Å²) >= 11 is 0. The average molecular weight is 347 g/mol. The highest BCUT2D eigenvalue weighted by Gasteiger charge is 2.30. The molecule has 0 spiro atoms. The lowest BCUT2D eigenvalue weighted by Crippen LogP contribution is -2.46. The molecule has 0 aromatic heterocycles. The number of hydrogen-bond acceptors (Lipinski definition) is 6. The van der Waals surface area contributed by atoms with Crippen LogP contribution in [0.2, 0.25) is 0 Å². The summed E-state index contributed by atoms with van der Waals surface area (Å²) in [5.41, 5.74) is 0.501. The summed E-state index contributed by atoms with van der Waals surface area (Å²) in [6, 6.07) is 3.38. The van der Waals surface area contributed by atoms with Crippen molar-refractivity contribution in [2.75, 3.05) is 47.5 Å². The number of carbonyl (C=O) groups is 1. The number of likely N-dealkylation sites (tertiary alicyclic amines) is 1. The third-order valence-electron chi connectivity index (χ3n) is 4.61. The highest BCUT2D eigenvalue weighted by atomic mass is 16.5. The van der Waals surface area contributed by atoms with E-state index in [1.165, 1.54) is 6.42 Å². The number of rotatable bonds is 4. The van der Waals surface area contributed by atoms with Crippen LogP contribution in [0, 0.1) is 0 Å². The van der Waals surface area contributed by atoms with Crippen LogP contribution in [0.15, 0.2) is 17.1 Å². The smallest absolute Gasteiger partial charge is 0.260 e. The number of carbonyl (C=O) groups excluding carboxylic acids is 1. The molecule has 3 rings (SSSR count). The predicted molar refractivity (Wildman–Crippen MR) is 94.9 cm³/mol. The molecule has 7 heteroatoms. The molecule has 25 heavy (non-hydrogen) atoms. The van der Waals surface area contributed by atoms with Gasteiger partial charge in [0, 0.05) is 25.2 Å². The van der Waals surface area contributed by atoms with Crippen LogP contribution >= 0.6 is 0 Å². The van der Waals surface area contributed by atoms with Crippen LogP contribution in [0.3, 0.4) is 0 Å². The zero-order chi connectivity index (χ0) is 17.8. The van der Waals surface area contributed by atoms with Gasteiger partial charge in [0.05, 0.1) is 27.9 Å². The van der Waals surface area contributed by atoms with Crippen LogP contribution < -0.4 is 14.2 Å². The van der Waals surface area contributed by atoms with Gasteiger partial charge >= 0.3 is 0 Å². The third kappa shape index (κ3) is 3.36. The molecule has 0 aliphatic carbocycles. The second-order valence-electron chi connectivity index (χ2n) is 6.10. The first kappa shape index (κ1) is 17.4. The first-order chi connectivity index (χ1) is 12.2. The first-order valence-electron chi connectivity index (χ1n) is 8.61.